The standard InChI is InChI=1S/C15H20N2OS/c1-3-13(16)10-19(18)9-12-8-11(2)17-15-7-5-4-6-14(12)15/h4-8,13H,3,9-10,16H2,1-2H3. The summed E-state index contributed by atoms with van der Waals surface area (Å²) in [7, 11) is -0.918. The minimum atomic E-state index is -0.918. The molecule has 0 bridgehead atoms. The first-order valence-electron chi connectivity index (χ1n) is 6.56. The van der Waals surface area contributed by atoms with Gasteiger partial charge in [-0.15, -0.1) is 0 Å². The lowest BCUT2D eigenvalue weighted by molar-refractivity contribution is 0.663. The largest absolute Gasteiger partial charge is 0.327 e. The van der Waals surface area contributed by atoms with E-state index in [0.29, 0.717) is 11.5 Å². The van der Waals surface area contributed by atoms with E-state index in [1.54, 1.807) is 0 Å². The lowest BCUT2D eigenvalue weighted by Crippen LogP contribution is -2.26. The number of hydrogen-bond donors (Lipinski definition) is 1. The van der Waals surface area contributed by atoms with Crippen LogP contribution in [0.2, 0.25) is 0 Å². The molecule has 0 aliphatic heterocycles. The second kappa shape index (κ2) is 6.26. The third-order valence-electron chi connectivity index (χ3n) is 3.17. The number of nitrogens with zero attached hydrogens (tertiary/aromatic N) is 1. The number of hydrogen-bond acceptors (Lipinski definition) is 3. The summed E-state index contributed by atoms with van der Waals surface area (Å²) in [5.41, 5.74) is 8.90. The van der Waals surface area contributed by atoms with Gasteiger partial charge in [0.25, 0.3) is 0 Å². The van der Waals surface area contributed by atoms with Crippen molar-refractivity contribution in [2.75, 3.05) is 5.75 Å². The Labute approximate surface area is 116 Å². The van der Waals surface area contributed by atoms with Crippen LogP contribution in [0.15, 0.2) is 30.3 Å². The minimum Gasteiger partial charge on any atom is -0.327 e. The molecule has 4 heteroatoms. The van der Waals surface area contributed by atoms with Gasteiger partial charge in [-0.3, -0.25) is 9.19 Å². The quantitative estimate of drug-likeness (QED) is 0.913. The first-order chi connectivity index (χ1) is 9.10. The van der Waals surface area contributed by atoms with Gasteiger partial charge in [-0.25, -0.2) is 0 Å². The topological polar surface area (TPSA) is 56.0 Å². The van der Waals surface area contributed by atoms with E-state index in [9.17, 15) is 4.21 Å². The van der Waals surface area contributed by atoms with Gasteiger partial charge in [0.05, 0.1) is 5.52 Å². The Morgan fingerprint density at radius 1 is 1.37 bits per heavy atom. The summed E-state index contributed by atoms with van der Waals surface area (Å²) in [5.74, 6) is 1.11. The number of benzene rings is 1. The summed E-state index contributed by atoms with van der Waals surface area (Å²) in [4.78, 5) is 4.50. The van der Waals surface area contributed by atoms with Crippen molar-refractivity contribution in [1.29, 1.82) is 0 Å². The highest BCUT2D eigenvalue weighted by atomic mass is 32.2. The maximum atomic E-state index is 12.1. The molecule has 0 spiro atoms. The minimum absolute atomic E-state index is 0.0232. The van der Waals surface area contributed by atoms with Crippen molar-refractivity contribution >= 4 is 21.7 Å². The first-order valence-corrected chi connectivity index (χ1v) is 8.04. The Morgan fingerprint density at radius 3 is 2.84 bits per heavy atom. The summed E-state index contributed by atoms with van der Waals surface area (Å²) in [6.45, 7) is 3.99. The average molecular weight is 276 g/mol. The Morgan fingerprint density at radius 2 is 2.11 bits per heavy atom. The summed E-state index contributed by atoms with van der Waals surface area (Å²) < 4.78 is 12.1. The highest BCUT2D eigenvalue weighted by Gasteiger charge is 2.10. The Hall–Kier alpha value is -1.26. The van der Waals surface area contributed by atoms with Gasteiger partial charge in [0.2, 0.25) is 0 Å². The molecule has 0 amide bonds. The van der Waals surface area contributed by atoms with E-state index in [0.717, 1.165) is 28.6 Å². The molecule has 1 heterocycles. The van der Waals surface area contributed by atoms with Gasteiger partial charge in [0.15, 0.2) is 0 Å². The van der Waals surface area contributed by atoms with Crippen LogP contribution in [0.1, 0.15) is 24.6 Å². The van der Waals surface area contributed by atoms with Gasteiger partial charge in [0, 0.05) is 39.4 Å². The van der Waals surface area contributed by atoms with Crippen molar-refractivity contribution in [3.63, 3.8) is 0 Å². The fourth-order valence-electron chi connectivity index (χ4n) is 2.10. The molecular formula is C15H20N2OS. The number of para-hydroxylation sites is 1. The highest BCUT2D eigenvalue weighted by molar-refractivity contribution is 7.84. The first kappa shape index (κ1) is 14.2. The lowest BCUT2D eigenvalue weighted by atomic mass is 10.1. The predicted molar refractivity (Wildman–Crippen MR) is 81.5 cm³/mol. The van der Waals surface area contributed by atoms with E-state index in [2.05, 4.69) is 4.98 Å². The molecule has 102 valence electrons. The maximum absolute atomic E-state index is 12.1. The molecule has 19 heavy (non-hydrogen) atoms. The van der Waals surface area contributed by atoms with Gasteiger partial charge in [-0.2, -0.15) is 0 Å². The molecule has 3 nitrogen and oxygen atoms in total. The zero-order valence-electron chi connectivity index (χ0n) is 11.4. The van der Waals surface area contributed by atoms with Crippen LogP contribution < -0.4 is 5.73 Å². The van der Waals surface area contributed by atoms with E-state index in [4.69, 9.17) is 5.73 Å². The average Bonchev–Trinajstić information content (AvgIpc) is 2.38. The Kier molecular flexibility index (Phi) is 4.66. The fourth-order valence-corrected chi connectivity index (χ4v) is 3.52. The monoisotopic (exact) mass is 276 g/mol. The predicted octanol–water partition coefficient (Wildman–Crippen LogP) is 2.53. The van der Waals surface area contributed by atoms with Crippen molar-refractivity contribution in [2.24, 2.45) is 5.73 Å². The van der Waals surface area contributed by atoms with Crippen molar-refractivity contribution in [3.05, 3.63) is 41.6 Å². The van der Waals surface area contributed by atoms with E-state index in [1.165, 1.54) is 0 Å². The molecular weight excluding hydrogens is 256 g/mol. The molecule has 2 atom stereocenters. The molecule has 2 unspecified atom stereocenters. The molecule has 0 aliphatic rings. The van der Waals surface area contributed by atoms with Crippen LogP contribution >= 0.6 is 0 Å². The molecule has 2 N–H and O–H groups in total. The van der Waals surface area contributed by atoms with Crippen LogP contribution in [0, 0.1) is 6.92 Å². The fraction of sp³-hybridized carbons (Fsp3) is 0.400. The van der Waals surface area contributed by atoms with E-state index in [-0.39, 0.29) is 6.04 Å². The number of nitrogens with two attached hydrogens (primary N) is 1. The SMILES string of the molecule is CCC(N)CS(=O)Cc1cc(C)nc2ccccc12. The van der Waals surface area contributed by atoms with E-state index >= 15 is 0 Å². The number of aromatic nitrogens is 1. The number of pyridine rings is 1. The number of fused-ring (bicyclic) bond motifs is 1. The Bertz CT molecular complexity index is 598. The van der Waals surface area contributed by atoms with Crippen LogP contribution in [-0.2, 0) is 16.6 Å². The lowest BCUT2D eigenvalue weighted by Gasteiger charge is -2.10. The number of aryl methyl sites for hydroxylation is 1. The molecule has 1 aromatic heterocycles. The normalized spacial score (nSPS) is 14.5. The molecule has 2 aromatic rings. The highest BCUT2D eigenvalue weighted by Crippen LogP contribution is 2.19. The summed E-state index contributed by atoms with van der Waals surface area (Å²) >= 11 is 0. The third-order valence-corrected chi connectivity index (χ3v) is 4.60. The van der Waals surface area contributed by atoms with Gasteiger partial charge in [0.1, 0.15) is 0 Å². The maximum Gasteiger partial charge on any atom is 0.0708 e. The van der Waals surface area contributed by atoms with Crippen LogP contribution in [0.5, 0.6) is 0 Å². The van der Waals surface area contributed by atoms with Crippen molar-refractivity contribution in [1.82, 2.24) is 4.98 Å². The van der Waals surface area contributed by atoms with Crippen LogP contribution in [0.25, 0.3) is 10.9 Å². The van der Waals surface area contributed by atoms with E-state index in [1.807, 2.05) is 44.2 Å². The molecule has 0 saturated heterocycles. The molecule has 0 fully saturated rings. The summed E-state index contributed by atoms with van der Waals surface area (Å²) in [6, 6.07) is 10.0. The van der Waals surface area contributed by atoms with E-state index < -0.39 is 10.8 Å². The Balaban J connectivity index is 2.27. The number of rotatable bonds is 5. The molecule has 0 radical (unpaired) electrons. The van der Waals surface area contributed by atoms with Gasteiger partial charge < -0.3 is 5.73 Å². The van der Waals surface area contributed by atoms with Crippen LogP contribution in [-0.4, -0.2) is 21.0 Å². The third kappa shape index (κ3) is 3.61. The molecule has 1 aromatic carbocycles. The molecule has 0 saturated carbocycles. The molecule has 0 aliphatic carbocycles. The zero-order chi connectivity index (χ0) is 13.8. The molecule has 2 rings (SSSR count). The summed E-state index contributed by atoms with van der Waals surface area (Å²) in [5, 5.41) is 1.09. The second-order valence-corrected chi connectivity index (χ2v) is 6.36. The van der Waals surface area contributed by atoms with Crippen LogP contribution in [0.3, 0.4) is 0 Å². The van der Waals surface area contributed by atoms with Crippen molar-refractivity contribution < 1.29 is 4.21 Å². The van der Waals surface area contributed by atoms with Crippen LogP contribution in [0.4, 0.5) is 0 Å². The summed E-state index contributed by atoms with van der Waals surface area (Å²) in [6.07, 6.45) is 0.863. The van der Waals surface area contributed by atoms with Gasteiger partial charge in [-0.05, 0) is 31.0 Å². The van der Waals surface area contributed by atoms with Gasteiger partial charge in [-0.1, -0.05) is 25.1 Å². The van der Waals surface area contributed by atoms with Crippen molar-refractivity contribution in [3.8, 4) is 0 Å². The second-order valence-electron chi connectivity index (χ2n) is 4.86. The van der Waals surface area contributed by atoms with Crippen molar-refractivity contribution in [2.45, 2.75) is 32.1 Å². The van der Waals surface area contributed by atoms with Gasteiger partial charge >= 0.3 is 0 Å². The smallest absolute Gasteiger partial charge is 0.0708 e. The zero-order valence-corrected chi connectivity index (χ0v) is 12.2.